The van der Waals surface area contributed by atoms with E-state index in [4.69, 9.17) is 15.9 Å². The monoisotopic (exact) mass is 298 g/mol. The maximum atomic E-state index is 11.3. The highest BCUT2D eigenvalue weighted by atomic mass is 35.7. The van der Waals surface area contributed by atoms with Gasteiger partial charge in [0, 0.05) is 29.6 Å². The maximum Gasteiger partial charge on any atom is 0.286 e. The number of nitro benzene ring substituents is 1. The lowest BCUT2D eigenvalue weighted by Crippen LogP contribution is -2.00. The molecule has 0 aliphatic carbocycles. The van der Waals surface area contributed by atoms with E-state index in [1.807, 2.05) is 6.07 Å². The Morgan fingerprint density at radius 3 is 2.58 bits per heavy atom. The van der Waals surface area contributed by atoms with Crippen LogP contribution in [0.3, 0.4) is 0 Å². The fourth-order valence-corrected chi connectivity index (χ4v) is 2.30. The first-order valence-corrected chi connectivity index (χ1v) is 7.26. The lowest BCUT2D eigenvalue weighted by atomic mass is 10.1. The van der Waals surface area contributed by atoms with E-state index in [9.17, 15) is 18.5 Å². The Kier molecular flexibility index (Phi) is 4.87. The molecule has 8 heteroatoms. The van der Waals surface area contributed by atoms with Gasteiger partial charge in [-0.05, 0) is 6.07 Å². The molecule has 0 amide bonds. The van der Waals surface area contributed by atoms with Crippen LogP contribution in [-0.4, -0.2) is 13.3 Å². The van der Waals surface area contributed by atoms with Gasteiger partial charge in [0.1, 0.15) is 10.5 Å². The molecule has 0 atom stereocenters. The van der Waals surface area contributed by atoms with Crippen LogP contribution in [0.4, 0.5) is 5.69 Å². The summed E-state index contributed by atoms with van der Waals surface area (Å²) in [4.78, 5) is 9.69. The van der Waals surface area contributed by atoms with E-state index in [0.717, 1.165) is 12.1 Å². The summed E-state index contributed by atoms with van der Waals surface area (Å²) < 4.78 is 22.7. The highest BCUT2D eigenvalue weighted by molar-refractivity contribution is 8.13. The van der Waals surface area contributed by atoms with Crippen molar-refractivity contribution in [3.05, 3.63) is 33.9 Å². The van der Waals surface area contributed by atoms with Crippen LogP contribution < -0.4 is 0 Å². The van der Waals surface area contributed by atoms with E-state index in [2.05, 4.69) is 11.8 Å². The molecule has 0 saturated carbocycles. The Labute approximate surface area is 114 Å². The van der Waals surface area contributed by atoms with Crippen molar-refractivity contribution in [1.29, 1.82) is 5.26 Å². The van der Waals surface area contributed by atoms with E-state index >= 15 is 0 Å². The molecule has 0 N–H and O–H groups in total. The topological polar surface area (TPSA) is 101 Å². The van der Waals surface area contributed by atoms with Gasteiger partial charge in [0.25, 0.3) is 14.7 Å². The molecule has 0 fully saturated rings. The minimum atomic E-state index is -4.13. The third-order valence-electron chi connectivity index (χ3n) is 2.04. The molecule has 0 heterocycles. The molecule has 0 unspecified atom stereocenters. The number of unbranched alkanes of at least 4 members (excludes halogenated alkanes) is 1. The maximum absolute atomic E-state index is 11.3. The van der Waals surface area contributed by atoms with Crippen molar-refractivity contribution in [1.82, 2.24) is 0 Å². The fourth-order valence-electron chi connectivity index (χ4n) is 1.27. The van der Waals surface area contributed by atoms with E-state index in [-0.39, 0.29) is 18.4 Å². The number of hydrogen-bond acceptors (Lipinski definition) is 5. The number of benzene rings is 1. The summed E-state index contributed by atoms with van der Waals surface area (Å²) >= 11 is 0. The van der Waals surface area contributed by atoms with Crippen molar-refractivity contribution in [2.75, 3.05) is 0 Å². The van der Waals surface area contributed by atoms with E-state index < -0.39 is 24.6 Å². The van der Waals surface area contributed by atoms with E-state index in [1.54, 1.807) is 0 Å². The highest BCUT2D eigenvalue weighted by Crippen LogP contribution is 2.27. The molecule has 0 aromatic heterocycles. The zero-order valence-electron chi connectivity index (χ0n) is 9.46. The number of nitriles is 1. The molecular formula is C11H7ClN2O4S. The summed E-state index contributed by atoms with van der Waals surface area (Å²) in [7, 11) is 1.08. The Morgan fingerprint density at radius 1 is 1.37 bits per heavy atom. The number of halogens is 1. The predicted octanol–water partition coefficient (Wildman–Crippen LogP) is 2.18. The summed E-state index contributed by atoms with van der Waals surface area (Å²) in [5.74, 6) is 4.91. The predicted molar refractivity (Wildman–Crippen MR) is 67.9 cm³/mol. The Balaban J connectivity index is 3.42. The first-order chi connectivity index (χ1) is 8.88. The largest absolute Gasteiger partial charge is 0.286 e. The second-order valence-corrected chi connectivity index (χ2v) is 5.84. The molecular weight excluding hydrogens is 292 g/mol. The molecule has 1 rings (SSSR count). The molecule has 98 valence electrons. The summed E-state index contributed by atoms with van der Waals surface area (Å²) in [6, 6.07) is 5.35. The molecule has 1 aromatic rings. The van der Waals surface area contributed by atoms with Gasteiger partial charge in [0.05, 0.1) is 11.0 Å². The van der Waals surface area contributed by atoms with Crippen LogP contribution in [0.5, 0.6) is 0 Å². The summed E-state index contributed by atoms with van der Waals surface area (Å²) in [5, 5.41) is 19.2. The minimum absolute atomic E-state index is 0.149. The van der Waals surface area contributed by atoms with E-state index in [1.165, 1.54) is 6.07 Å². The van der Waals surface area contributed by atoms with Crippen molar-refractivity contribution in [3.8, 4) is 17.9 Å². The molecule has 0 aliphatic rings. The lowest BCUT2D eigenvalue weighted by Gasteiger charge is -2.01. The number of hydrogen-bond donors (Lipinski definition) is 0. The Bertz CT molecular complexity index is 710. The molecule has 0 bridgehead atoms. The van der Waals surface area contributed by atoms with Crippen molar-refractivity contribution < 1.29 is 13.3 Å². The number of rotatable bonds is 3. The van der Waals surface area contributed by atoms with Crippen LogP contribution in [0.15, 0.2) is 23.1 Å². The van der Waals surface area contributed by atoms with Gasteiger partial charge in [-0.15, -0.1) is 0 Å². The number of nitrogens with zero attached hydrogens (tertiary/aromatic N) is 2. The SMILES string of the molecule is N#CCCC#Cc1c([N+](=O)[O-])cccc1S(=O)(=O)Cl. The van der Waals surface area contributed by atoms with Gasteiger partial charge in [-0.3, -0.25) is 10.1 Å². The highest BCUT2D eigenvalue weighted by Gasteiger charge is 2.22. The normalized spacial score (nSPS) is 10.1. The zero-order chi connectivity index (χ0) is 14.5. The lowest BCUT2D eigenvalue weighted by molar-refractivity contribution is -0.385. The average molecular weight is 299 g/mol. The third-order valence-corrected chi connectivity index (χ3v) is 3.40. The van der Waals surface area contributed by atoms with Gasteiger partial charge in [-0.1, -0.05) is 17.9 Å². The van der Waals surface area contributed by atoms with Crippen molar-refractivity contribution in [3.63, 3.8) is 0 Å². The van der Waals surface area contributed by atoms with Gasteiger partial charge in [-0.2, -0.15) is 5.26 Å². The number of nitro groups is 1. The quantitative estimate of drug-likeness (QED) is 0.280. The Morgan fingerprint density at radius 2 is 2.05 bits per heavy atom. The molecule has 0 aliphatic heterocycles. The van der Waals surface area contributed by atoms with Crippen LogP contribution in [0.1, 0.15) is 18.4 Å². The first kappa shape index (κ1) is 15.0. The van der Waals surface area contributed by atoms with Crippen LogP contribution in [0.25, 0.3) is 0 Å². The Hall–Kier alpha value is -2.09. The second kappa shape index (κ2) is 6.19. The van der Waals surface area contributed by atoms with Gasteiger partial charge in [-0.25, -0.2) is 8.42 Å². The molecule has 0 radical (unpaired) electrons. The molecule has 0 saturated heterocycles. The van der Waals surface area contributed by atoms with Crippen LogP contribution in [0.2, 0.25) is 0 Å². The van der Waals surface area contributed by atoms with Crippen LogP contribution in [-0.2, 0) is 9.05 Å². The molecule has 6 nitrogen and oxygen atoms in total. The summed E-state index contributed by atoms with van der Waals surface area (Å²) in [6.45, 7) is 0. The summed E-state index contributed by atoms with van der Waals surface area (Å²) in [5.41, 5.74) is -0.702. The minimum Gasteiger partial charge on any atom is -0.258 e. The van der Waals surface area contributed by atoms with Crippen LogP contribution in [0, 0.1) is 33.3 Å². The van der Waals surface area contributed by atoms with Crippen molar-refractivity contribution in [2.24, 2.45) is 0 Å². The smallest absolute Gasteiger partial charge is 0.258 e. The standard InChI is InChI=1S/C11H7ClN2O4S/c12-19(17,18)11-7-4-6-10(14(15)16)9(11)5-2-1-3-8-13/h4,6-7H,1,3H2. The van der Waals surface area contributed by atoms with Gasteiger partial charge in [0.15, 0.2) is 0 Å². The van der Waals surface area contributed by atoms with E-state index in [0.29, 0.717) is 0 Å². The van der Waals surface area contributed by atoms with Gasteiger partial charge in [0.2, 0.25) is 0 Å². The summed E-state index contributed by atoms with van der Waals surface area (Å²) in [6.07, 6.45) is 0.334. The van der Waals surface area contributed by atoms with Gasteiger partial charge >= 0.3 is 0 Å². The van der Waals surface area contributed by atoms with Crippen molar-refractivity contribution in [2.45, 2.75) is 17.7 Å². The second-order valence-electron chi connectivity index (χ2n) is 3.31. The average Bonchev–Trinajstić information content (AvgIpc) is 2.33. The molecule has 19 heavy (non-hydrogen) atoms. The fraction of sp³-hybridized carbons (Fsp3) is 0.182. The third kappa shape index (κ3) is 3.95. The van der Waals surface area contributed by atoms with Crippen molar-refractivity contribution >= 4 is 25.4 Å². The molecule has 1 aromatic carbocycles. The first-order valence-electron chi connectivity index (χ1n) is 4.96. The molecule has 0 spiro atoms. The zero-order valence-corrected chi connectivity index (χ0v) is 11.0. The van der Waals surface area contributed by atoms with Crippen LogP contribution >= 0.6 is 10.7 Å². The van der Waals surface area contributed by atoms with Gasteiger partial charge < -0.3 is 0 Å².